The molecule has 3 aromatic carbocycles. The van der Waals surface area contributed by atoms with Gasteiger partial charge in [0.2, 0.25) is 0 Å². The van der Waals surface area contributed by atoms with E-state index in [4.69, 9.17) is 9.72 Å². The van der Waals surface area contributed by atoms with Gasteiger partial charge >= 0.3 is 5.97 Å². The van der Waals surface area contributed by atoms with Gasteiger partial charge in [-0.3, -0.25) is 0 Å². The van der Waals surface area contributed by atoms with Crippen LogP contribution in [0.5, 0.6) is 0 Å². The standard InChI is InChI=1S/C27H24N2O2/c1-20-24(18-19-25(30)31-2)29-26(28-20)27(21-12-6-3-7-13-21,22-14-8-4-9-15-22)23-16-10-5-11-17-23/h3-19H,1-2H3,(H,28,29). The molecule has 154 valence electrons. The molecule has 4 heteroatoms. The molecular formula is C27H24N2O2. The van der Waals surface area contributed by atoms with Crippen molar-refractivity contribution in [2.24, 2.45) is 0 Å². The fourth-order valence-corrected chi connectivity index (χ4v) is 4.00. The average molecular weight is 409 g/mol. The van der Waals surface area contributed by atoms with Crippen molar-refractivity contribution in [3.63, 3.8) is 0 Å². The maximum absolute atomic E-state index is 11.6. The number of benzene rings is 3. The van der Waals surface area contributed by atoms with E-state index in [9.17, 15) is 4.79 Å². The zero-order valence-electron chi connectivity index (χ0n) is 17.6. The zero-order chi connectivity index (χ0) is 21.7. The van der Waals surface area contributed by atoms with Crippen molar-refractivity contribution < 1.29 is 9.53 Å². The summed E-state index contributed by atoms with van der Waals surface area (Å²) < 4.78 is 4.73. The summed E-state index contributed by atoms with van der Waals surface area (Å²) in [7, 11) is 1.36. The third-order valence-corrected chi connectivity index (χ3v) is 5.48. The lowest BCUT2D eigenvalue weighted by Gasteiger charge is -2.34. The van der Waals surface area contributed by atoms with Crippen LogP contribution in [0.4, 0.5) is 0 Å². The highest BCUT2D eigenvalue weighted by molar-refractivity contribution is 5.86. The van der Waals surface area contributed by atoms with E-state index in [0.717, 1.165) is 28.2 Å². The van der Waals surface area contributed by atoms with Crippen LogP contribution in [0.2, 0.25) is 0 Å². The third-order valence-electron chi connectivity index (χ3n) is 5.48. The lowest BCUT2D eigenvalue weighted by Crippen LogP contribution is -2.32. The minimum Gasteiger partial charge on any atom is -0.466 e. The topological polar surface area (TPSA) is 55.0 Å². The lowest BCUT2D eigenvalue weighted by molar-refractivity contribution is -0.134. The molecule has 0 atom stereocenters. The first-order valence-corrected chi connectivity index (χ1v) is 10.2. The number of aromatic nitrogens is 2. The second kappa shape index (κ2) is 8.84. The van der Waals surface area contributed by atoms with Crippen LogP contribution in [-0.2, 0) is 14.9 Å². The van der Waals surface area contributed by atoms with Gasteiger partial charge in [-0.2, -0.15) is 0 Å². The maximum Gasteiger partial charge on any atom is 0.330 e. The Morgan fingerprint density at radius 2 is 1.29 bits per heavy atom. The van der Waals surface area contributed by atoms with Gasteiger partial charge in [0.25, 0.3) is 0 Å². The molecule has 0 saturated carbocycles. The number of nitrogens with one attached hydrogen (secondary N) is 1. The first-order valence-electron chi connectivity index (χ1n) is 10.2. The Kier molecular flexibility index (Phi) is 5.80. The van der Waals surface area contributed by atoms with Gasteiger partial charge in [0, 0.05) is 11.8 Å². The quantitative estimate of drug-likeness (QED) is 0.268. The number of aromatic amines is 1. The van der Waals surface area contributed by atoms with Gasteiger partial charge in [0.15, 0.2) is 0 Å². The summed E-state index contributed by atoms with van der Waals surface area (Å²) in [5.41, 5.74) is 4.24. The van der Waals surface area contributed by atoms with E-state index in [0.29, 0.717) is 5.69 Å². The van der Waals surface area contributed by atoms with Crippen molar-refractivity contribution in [1.82, 2.24) is 9.97 Å². The first-order chi connectivity index (χ1) is 15.2. The number of rotatable bonds is 6. The van der Waals surface area contributed by atoms with Gasteiger partial charge in [0.05, 0.1) is 12.8 Å². The Morgan fingerprint density at radius 1 is 0.839 bits per heavy atom. The molecular weight excluding hydrogens is 384 g/mol. The molecule has 0 bridgehead atoms. The summed E-state index contributed by atoms with van der Waals surface area (Å²) >= 11 is 0. The molecule has 4 aromatic rings. The molecule has 0 aliphatic rings. The van der Waals surface area contributed by atoms with Crippen LogP contribution >= 0.6 is 0 Å². The molecule has 0 aliphatic carbocycles. The smallest absolute Gasteiger partial charge is 0.330 e. The van der Waals surface area contributed by atoms with Gasteiger partial charge in [-0.1, -0.05) is 91.0 Å². The van der Waals surface area contributed by atoms with Crippen LogP contribution in [0.1, 0.15) is 33.9 Å². The molecule has 0 amide bonds. The highest BCUT2D eigenvalue weighted by Crippen LogP contribution is 2.43. The highest BCUT2D eigenvalue weighted by atomic mass is 16.5. The minimum absolute atomic E-state index is 0.413. The number of carbonyl (C=O) groups excluding carboxylic acids is 1. The van der Waals surface area contributed by atoms with Crippen molar-refractivity contribution in [3.8, 4) is 0 Å². The largest absolute Gasteiger partial charge is 0.466 e. The van der Waals surface area contributed by atoms with Gasteiger partial charge in [-0.05, 0) is 29.7 Å². The van der Waals surface area contributed by atoms with Crippen LogP contribution < -0.4 is 0 Å². The molecule has 4 rings (SSSR count). The highest BCUT2D eigenvalue weighted by Gasteiger charge is 2.41. The summed E-state index contributed by atoms with van der Waals surface area (Å²) in [4.78, 5) is 20.1. The molecule has 0 unspecified atom stereocenters. The second-order valence-corrected chi connectivity index (χ2v) is 7.30. The Bertz CT molecular complexity index is 1080. The molecule has 1 N–H and O–H groups in total. The number of nitrogens with zero attached hydrogens (tertiary/aromatic N) is 1. The lowest BCUT2D eigenvalue weighted by atomic mass is 9.69. The predicted molar refractivity (Wildman–Crippen MR) is 123 cm³/mol. The Morgan fingerprint density at radius 3 is 1.71 bits per heavy atom. The van der Waals surface area contributed by atoms with Gasteiger partial charge in [-0.25, -0.2) is 9.78 Å². The number of esters is 1. The minimum atomic E-state index is -0.647. The number of carbonyl (C=O) groups is 1. The molecule has 1 aromatic heterocycles. The third kappa shape index (κ3) is 3.80. The van der Waals surface area contributed by atoms with Gasteiger partial charge < -0.3 is 9.72 Å². The normalized spacial score (nSPS) is 11.5. The molecule has 0 radical (unpaired) electrons. The Labute approximate surface area is 182 Å². The fraction of sp³-hybridized carbons (Fsp3) is 0.111. The summed E-state index contributed by atoms with van der Waals surface area (Å²) in [6.45, 7) is 1.96. The van der Waals surface area contributed by atoms with Gasteiger partial charge in [-0.15, -0.1) is 0 Å². The Hall–Kier alpha value is -3.92. The van der Waals surface area contributed by atoms with Crippen LogP contribution in [0.25, 0.3) is 6.08 Å². The van der Waals surface area contributed by atoms with Crippen molar-refractivity contribution in [2.75, 3.05) is 7.11 Å². The second-order valence-electron chi connectivity index (χ2n) is 7.30. The number of methoxy groups -OCH3 is 1. The number of aryl methyl sites for hydroxylation is 1. The first kappa shape index (κ1) is 20.4. The van der Waals surface area contributed by atoms with Crippen LogP contribution in [0.15, 0.2) is 97.1 Å². The fourth-order valence-electron chi connectivity index (χ4n) is 4.00. The van der Waals surface area contributed by atoms with E-state index >= 15 is 0 Å². The van der Waals surface area contributed by atoms with Crippen molar-refractivity contribution >= 4 is 12.0 Å². The maximum atomic E-state index is 11.6. The molecule has 0 fully saturated rings. The van der Waals surface area contributed by atoms with E-state index in [1.807, 2.05) is 61.5 Å². The van der Waals surface area contributed by atoms with E-state index < -0.39 is 11.4 Å². The summed E-state index contributed by atoms with van der Waals surface area (Å²) in [5, 5.41) is 0. The monoisotopic (exact) mass is 408 g/mol. The SMILES string of the molecule is COC(=O)C=Cc1nc(C(c2ccccc2)(c2ccccc2)c2ccccc2)[nH]c1C. The number of hydrogen-bond acceptors (Lipinski definition) is 3. The van der Waals surface area contributed by atoms with Gasteiger partial charge in [0.1, 0.15) is 11.2 Å². The van der Waals surface area contributed by atoms with E-state index in [2.05, 4.69) is 41.4 Å². The van der Waals surface area contributed by atoms with Crippen LogP contribution in [0.3, 0.4) is 0 Å². The van der Waals surface area contributed by atoms with Crippen molar-refractivity contribution in [3.05, 3.63) is 131 Å². The zero-order valence-corrected chi connectivity index (χ0v) is 17.6. The summed E-state index contributed by atoms with van der Waals surface area (Å²) in [6, 6.07) is 31.1. The van der Waals surface area contributed by atoms with Crippen molar-refractivity contribution in [1.29, 1.82) is 0 Å². The van der Waals surface area contributed by atoms with E-state index in [1.165, 1.54) is 13.2 Å². The molecule has 31 heavy (non-hydrogen) atoms. The molecule has 1 heterocycles. The number of H-pyrrole nitrogens is 1. The van der Waals surface area contributed by atoms with E-state index in [-0.39, 0.29) is 0 Å². The van der Waals surface area contributed by atoms with E-state index in [1.54, 1.807) is 6.08 Å². The average Bonchev–Trinajstić information content (AvgIpc) is 3.20. The van der Waals surface area contributed by atoms with Crippen LogP contribution in [-0.4, -0.2) is 23.0 Å². The predicted octanol–water partition coefficient (Wildman–Crippen LogP) is 5.29. The Balaban J connectivity index is 2.02. The number of imidazole rings is 1. The number of ether oxygens (including phenoxy) is 1. The summed E-state index contributed by atoms with van der Waals surface area (Å²) in [5.74, 6) is 0.377. The number of hydrogen-bond donors (Lipinski definition) is 1. The molecule has 0 aliphatic heterocycles. The van der Waals surface area contributed by atoms with Crippen LogP contribution in [0, 0.1) is 6.92 Å². The van der Waals surface area contributed by atoms with Crippen molar-refractivity contribution in [2.45, 2.75) is 12.3 Å². The molecule has 0 saturated heterocycles. The summed E-state index contributed by atoms with van der Waals surface area (Å²) in [6.07, 6.45) is 3.08. The molecule has 0 spiro atoms. The molecule has 4 nitrogen and oxygen atoms in total.